The van der Waals surface area contributed by atoms with Crippen molar-refractivity contribution >= 4 is 79.3 Å². The topological polar surface area (TPSA) is 166 Å². The number of allylic oxidation sites excluding steroid dienone is 6. The van der Waals surface area contributed by atoms with E-state index in [1.807, 2.05) is 76.2 Å². The molecule has 342 valence electrons. The van der Waals surface area contributed by atoms with E-state index in [9.17, 15) is 39.6 Å². The molecule has 0 saturated carbocycles. The molecular weight excluding hydrogens is 843 g/mol. The molecule has 0 unspecified atom stereocenters. The molecule has 2 N–H and O–H groups in total. The molecule has 67 heavy (non-hydrogen) atoms. The minimum absolute atomic E-state index is 0.0855. The standard InChI is InChI=1S/C56H55N3O8/c1-8-11-22-57-41-18-14-31(47-49(60)37(50(47)61)29-45-55(4,5)39-27-33(53(64)65)16-20-43(39)58(45)23-12-9-2)25-35(41)36-26-32(15-19-42(36)57)48-51(62)38(52(48)63)30-46-56(6,7)40-28-34(54(66)67)17-21-44(40)59(46)24-13-10-3/h14-21,25-30H,8-13,22-24H2,1-7H3,(H2-2,60,61,62,63,64,65,66,67). The molecule has 0 spiro atoms. The number of fused-ring (bicyclic) bond motifs is 5. The maximum atomic E-state index is 14.1. The number of benzene rings is 4. The van der Waals surface area contributed by atoms with Gasteiger partial charge in [-0.2, -0.15) is 9.15 Å². The number of hydrogen-bond acceptors (Lipinski definition) is 6. The van der Waals surface area contributed by atoms with E-state index in [2.05, 4.69) is 34.5 Å². The zero-order valence-corrected chi connectivity index (χ0v) is 39.1. The van der Waals surface area contributed by atoms with Crippen molar-refractivity contribution < 1.29 is 48.8 Å². The first kappa shape index (κ1) is 45.0. The van der Waals surface area contributed by atoms with E-state index in [0.29, 0.717) is 24.2 Å². The average Bonchev–Trinajstić information content (AvgIpc) is 3.81. The third-order valence-corrected chi connectivity index (χ3v) is 14.4. The summed E-state index contributed by atoms with van der Waals surface area (Å²) >= 11 is 0. The van der Waals surface area contributed by atoms with Crippen LogP contribution in [0.3, 0.4) is 0 Å². The lowest BCUT2D eigenvalue weighted by Crippen LogP contribution is -2.33. The quantitative estimate of drug-likeness (QED) is 0.0777. The van der Waals surface area contributed by atoms with Crippen LogP contribution in [-0.2, 0) is 27.0 Å². The zero-order valence-electron chi connectivity index (χ0n) is 39.1. The molecule has 0 atom stereocenters. The summed E-state index contributed by atoms with van der Waals surface area (Å²) in [6.45, 7) is 16.3. The number of rotatable bonds is 15. The van der Waals surface area contributed by atoms with Gasteiger partial charge in [0.1, 0.15) is 13.1 Å². The summed E-state index contributed by atoms with van der Waals surface area (Å²) in [6, 6.07) is 21.4. The fraction of sp³-hybridized carbons (Fsp3) is 0.321. The van der Waals surface area contributed by atoms with Gasteiger partial charge in [0.15, 0.2) is 23.0 Å². The number of hydrogen-bond donors (Lipinski definition) is 2. The van der Waals surface area contributed by atoms with Crippen molar-refractivity contribution in [2.24, 2.45) is 0 Å². The minimum atomic E-state index is -1.02. The van der Waals surface area contributed by atoms with E-state index in [1.165, 1.54) is 0 Å². The summed E-state index contributed by atoms with van der Waals surface area (Å²) in [5.41, 5.74) is 7.08. The maximum absolute atomic E-state index is 14.1. The molecule has 2 aliphatic carbocycles. The molecule has 5 aromatic rings. The number of Topliss-reactive ketones (excluding diaryl/α,β-unsaturated/α-hetero) is 2. The minimum Gasteiger partial charge on any atom is -0.871 e. The van der Waals surface area contributed by atoms with Crippen LogP contribution in [0.15, 0.2) is 108 Å². The molecule has 0 bridgehead atoms. The lowest BCUT2D eigenvalue weighted by Gasteiger charge is -2.31. The van der Waals surface area contributed by atoms with E-state index < -0.39 is 22.8 Å². The van der Waals surface area contributed by atoms with Gasteiger partial charge >= 0.3 is 11.9 Å². The Morgan fingerprint density at radius 3 is 1.36 bits per heavy atom. The predicted molar refractivity (Wildman–Crippen MR) is 257 cm³/mol. The molecule has 11 heteroatoms. The van der Waals surface area contributed by atoms with Crippen LogP contribution in [0.5, 0.6) is 0 Å². The molecule has 9 rings (SSSR count). The van der Waals surface area contributed by atoms with E-state index in [-0.39, 0.29) is 56.5 Å². The van der Waals surface area contributed by atoms with Gasteiger partial charge in [-0.15, -0.1) is 0 Å². The second kappa shape index (κ2) is 16.6. The lowest BCUT2D eigenvalue weighted by molar-refractivity contribution is -0.438. The molecule has 0 amide bonds. The largest absolute Gasteiger partial charge is 0.871 e. The van der Waals surface area contributed by atoms with Crippen LogP contribution in [0.25, 0.3) is 33.0 Å². The number of carboxylic acids is 2. The van der Waals surface area contributed by atoms with Crippen molar-refractivity contribution in [3.63, 3.8) is 0 Å². The Hall–Kier alpha value is -7.14. The first-order chi connectivity index (χ1) is 32.0. The van der Waals surface area contributed by atoms with Crippen molar-refractivity contribution in [3.8, 4) is 0 Å². The number of carbonyl (C=O) groups excluding carboxylic acids is 2. The molecule has 4 aliphatic rings. The molecule has 4 aromatic carbocycles. The Bertz CT molecular complexity index is 3040. The Morgan fingerprint density at radius 2 is 1.00 bits per heavy atom. The summed E-state index contributed by atoms with van der Waals surface area (Å²) in [7, 11) is 0. The van der Waals surface area contributed by atoms with Gasteiger partial charge in [0.25, 0.3) is 0 Å². The number of aryl methyl sites for hydroxylation is 1. The number of ketones is 2. The Morgan fingerprint density at radius 1 is 0.597 bits per heavy atom. The van der Waals surface area contributed by atoms with Gasteiger partial charge in [-0.1, -0.05) is 63.7 Å². The number of nitrogens with zero attached hydrogens (tertiary/aromatic N) is 3. The first-order valence-corrected chi connectivity index (χ1v) is 23.4. The van der Waals surface area contributed by atoms with Gasteiger partial charge in [-0.25, -0.2) is 9.59 Å². The third-order valence-electron chi connectivity index (χ3n) is 14.4. The smallest absolute Gasteiger partial charge is 0.335 e. The summed E-state index contributed by atoms with van der Waals surface area (Å²) in [5.74, 6) is -3.48. The van der Waals surface area contributed by atoms with Gasteiger partial charge in [0.2, 0.25) is 11.4 Å². The summed E-state index contributed by atoms with van der Waals surface area (Å²) in [5, 5.41) is 49.4. The highest BCUT2D eigenvalue weighted by atomic mass is 16.4. The summed E-state index contributed by atoms with van der Waals surface area (Å²) < 4.78 is 6.41. The fourth-order valence-corrected chi connectivity index (χ4v) is 10.5. The number of aromatic carboxylic acids is 2. The molecule has 0 saturated heterocycles. The van der Waals surface area contributed by atoms with Crippen molar-refractivity contribution in [2.45, 2.75) is 104 Å². The number of carboxylic acid groups (broad SMARTS) is 2. The highest BCUT2D eigenvalue weighted by Crippen LogP contribution is 2.46. The van der Waals surface area contributed by atoms with Crippen LogP contribution < -0.4 is 10.2 Å². The van der Waals surface area contributed by atoms with Gasteiger partial charge in [-0.05, 0) is 93.8 Å². The van der Waals surface area contributed by atoms with Crippen molar-refractivity contribution in [3.05, 3.63) is 141 Å². The van der Waals surface area contributed by atoms with Crippen LogP contribution in [-0.4, -0.2) is 71.9 Å². The lowest BCUT2D eigenvalue weighted by atomic mass is 9.77. The second-order valence-electron chi connectivity index (χ2n) is 19.3. The average molecular weight is 898 g/mol. The number of unbranched alkanes of at least 4 members (excludes halogenated alkanes) is 3. The van der Waals surface area contributed by atoms with E-state index in [4.69, 9.17) is 0 Å². The van der Waals surface area contributed by atoms with Crippen LogP contribution in [0.2, 0.25) is 0 Å². The Labute approximate surface area is 389 Å². The second-order valence-corrected chi connectivity index (χ2v) is 19.3. The molecule has 3 heterocycles. The maximum Gasteiger partial charge on any atom is 0.335 e. The molecule has 2 aliphatic heterocycles. The van der Waals surface area contributed by atoms with E-state index in [1.54, 1.807) is 36.4 Å². The molecule has 0 fully saturated rings. The Kier molecular flexibility index (Phi) is 11.2. The predicted octanol–water partition coefficient (Wildman–Crippen LogP) is 8.91. The van der Waals surface area contributed by atoms with Crippen LogP contribution in [0.4, 0.5) is 11.4 Å². The van der Waals surface area contributed by atoms with Crippen molar-refractivity contribution in [1.29, 1.82) is 0 Å². The highest BCUT2D eigenvalue weighted by Gasteiger charge is 2.47. The SMILES string of the molecule is CCCCn1c2ccc(C3=C([O-])C(=CC4=[N+](CCCC)c5ccc(C(=O)O)cc5C4(C)C)C3=O)cc2c2cc(C3=C([O-])C(=CC4=[N+](CCCC)c5ccc(C(=O)O)cc5C4(C)C)C3=O)ccc21. The molecule has 0 radical (unpaired) electrons. The van der Waals surface area contributed by atoms with Crippen molar-refractivity contribution in [1.82, 2.24) is 4.57 Å². The molecular formula is C56H55N3O8. The van der Waals surface area contributed by atoms with Gasteiger partial charge in [0, 0.05) is 98.9 Å². The van der Waals surface area contributed by atoms with Crippen LogP contribution in [0, 0.1) is 0 Å². The number of carbonyl (C=O) groups is 4. The Balaban J connectivity index is 1.11. The summed E-state index contributed by atoms with van der Waals surface area (Å²) in [4.78, 5) is 52.1. The molecule has 1 aromatic heterocycles. The fourth-order valence-electron chi connectivity index (χ4n) is 10.5. The zero-order chi connectivity index (χ0) is 47.9. The van der Waals surface area contributed by atoms with E-state index in [0.717, 1.165) is 101 Å². The van der Waals surface area contributed by atoms with E-state index >= 15 is 0 Å². The summed E-state index contributed by atoms with van der Waals surface area (Å²) in [6.07, 6.45) is 8.82. The third kappa shape index (κ3) is 7.00. The van der Waals surface area contributed by atoms with Crippen LogP contribution in [0.1, 0.15) is 130 Å². The number of aromatic nitrogens is 1. The van der Waals surface area contributed by atoms with Crippen LogP contribution >= 0.6 is 0 Å². The molecule has 11 nitrogen and oxygen atoms in total. The first-order valence-electron chi connectivity index (χ1n) is 23.4. The monoisotopic (exact) mass is 897 g/mol. The van der Waals surface area contributed by atoms with Gasteiger partial charge in [-0.3, -0.25) is 9.59 Å². The van der Waals surface area contributed by atoms with Crippen molar-refractivity contribution in [2.75, 3.05) is 13.1 Å². The highest BCUT2D eigenvalue weighted by molar-refractivity contribution is 6.41. The van der Waals surface area contributed by atoms with Gasteiger partial charge < -0.3 is 25.0 Å². The normalized spacial score (nSPS) is 18.5. The van der Waals surface area contributed by atoms with Gasteiger partial charge in [0.05, 0.1) is 22.0 Å².